The molecule has 6 heteroatoms. The van der Waals surface area contributed by atoms with Gasteiger partial charge in [-0.15, -0.1) is 0 Å². The molecule has 60 heavy (non-hydrogen) atoms. The molecule has 0 amide bonds. The lowest BCUT2D eigenvalue weighted by Gasteiger charge is -2.18. The van der Waals surface area contributed by atoms with Gasteiger partial charge in [-0.2, -0.15) is 0 Å². The van der Waals surface area contributed by atoms with Crippen molar-refractivity contribution in [3.63, 3.8) is 0 Å². The van der Waals surface area contributed by atoms with Gasteiger partial charge in [0.25, 0.3) is 0 Å². The molecule has 0 aromatic rings. The van der Waals surface area contributed by atoms with Crippen molar-refractivity contribution in [2.75, 3.05) is 13.2 Å². The van der Waals surface area contributed by atoms with Gasteiger partial charge in [-0.25, -0.2) is 0 Å². The standard InChI is InChI=1S/C54H104O6/c1-6-8-9-10-11-12-13-14-19-22-25-28-34-39-44-52(55)58-47-51(48-59-53(56)45-40-35-31-30-33-38-43-50(5)7-2)60-54(57)46-41-36-29-26-23-20-17-15-16-18-21-24-27-32-37-42-49(3)4/h49-51H,6-48H2,1-5H3/t50?,51-/m1/s1. The van der Waals surface area contributed by atoms with Crippen LogP contribution in [0.25, 0.3) is 0 Å². The van der Waals surface area contributed by atoms with Gasteiger partial charge in [0.15, 0.2) is 6.10 Å². The first kappa shape index (κ1) is 58.4. The fourth-order valence-electron chi connectivity index (χ4n) is 8.13. The summed E-state index contributed by atoms with van der Waals surface area (Å²) in [5.74, 6) is 0.814. The monoisotopic (exact) mass is 849 g/mol. The molecule has 0 heterocycles. The fourth-order valence-corrected chi connectivity index (χ4v) is 8.13. The summed E-state index contributed by atoms with van der Waals surface area (Å²) >= 11 is 0. The summed E-state index contributed by atoms with van der Waals surface area (Å²) in [4.78, 5) is 38.0. The zero-order valence-electron chi connectivity index (χ0n) is 41.1. The van der Waals surface area contributed by atoms with Gasteiger partial charge in [-0.1, -0.05) is 259 Å². The Kier molecular flexibility index (Phi) is 45.7. The molecule has 2 atom stereocenters. The Morgan fingerprint density at radius 2 is 0.633 bits per heavy atom. The van der Waals surface area contributed by atoms with Gasteiger partial charge in [0.1, 0.15) is 13.2 Å². The molecular weight excluding hydrogens is 745 g/mol. The van der Waals surface area contributed by atoms with Crippen molar-refractivity contribution in [3.05, 3.63) is 0 Å². The lowest BCUT2D eigenvalue weighted by Crippen LogP contribution is -2.30. The molecular formula is C54H104O6. The molecule has 0 aliphatic heterocycles. The van der Waals surface area contributed by atoms with Crippen molar-refractivity contribution in [2.45, 2.75) is 304 Å². The number of hydrogen-bond acceptors (Lipinski definition) is 6. The number of esters is 3. The van der Waals surface area contributed by atoms with E-state index in [1.807, 2.05) is 0 Å². The highest BCUT2D eigenvalue weighted by atomic mass is 16.6. The molecule has 6 nitrogen and oxygen atoms in total. The van der Waals surface area contributed by atoms with Crippen molar-refractivity contribution in [2.24, 2.45) is 11.8 Å². The van der Waals surface area contributed by atoms with E-state index in [1.165, 1.54) is 186 Å². The predicted molar refractivity (Wildman–Crippen MR) is 256 cm³/mol. The Balaban J connectivity index is 4.28. The first-order chi connectivity index (χ1) is 29.3. The molecule has 0 aromatic carbocycles. The Morgan fingerprint density at radius 3 is 0.950 bits per heavy atom. The molecule has 0 spiro atoms. The van der Waals surface area contributed by atoms with Gasteiger partial charge in [0, 0.05) is 19.3 Å². The van der Waals surface area contributed by atoms with E-state index in [9.17, 15) is 14.4 Å². The van der Waals surface area contributed by atoms with Crippen LogP contribution in [-0.2, 0) is 28.6 Å². The maximum absolute atomic E-state index is 12.8. The van der Waals surface area contributed by atoms with Gasteiger partial charge < -0.3 is 14.2 Å². The number of ether oxygens (including phenoxy) is 3. The number of carbonyl (C=O) groups is 3. The lowest BCUT2D eigenvalue weighted by atomic mass is 10.00. The van der Waals surface area contributed by atoms with Crippen LogP contribution in [0.5, 0.6) is 0 Å². The van der Waals surface area contributed by atoms with Crippen LogP contribution in [-0.4, -0.2) is 37.2 Å². The first-order valence-corrected chi connectivity index (χ1v) is 26.8. The van der Waals surface area contributed by atoms with Gasteiger partial charge in [0.2, 0.25) is 0 Å². The third kappa shape index (κ3) is 45.9. The molecule has 0 aromatic heterocycles. The molecule has 0 fully saturated rings. The summed E-state index contributed by atoms with van der Waals surface area (Å²) in [5, 5.41) is 0. The van der Waals surface area contributed by atoms with Crippen molar-refractivity contribution in [1.82, 2.24) is 0 Å². The summed E-state index contributed by atoms with van der Waals surface area (Å²) in [5.41, 5.74) is 0. The Hall–Kier alpha value is -1.59. The van der Waals surface area contributed by atoms with Crippen LogP contribution in [0.4, 0.5) is 0 Å². The van der Waals surface area contributed by atoms with E-state index < -0.39 is 6.10 Å². The minimum Gasteiger partial charge on any atom is -0.462 e. The van der Waals surface area contributed by atoms with Gasteiger partial charge >= 0.3 is 17.9 Å². The second-order valence-electron chi connectivity index (χ2n) is 19.2. The van der Waals surface area contributed by atoms with Crippen molar-refractivity contribution in [1.29, 1.82) is 0 Å². The van der Waals surface area contributed by atoms with Crippen molar-refractivity contribution < 1.29 is 28.6 Å². The second-order valence-corrected chi connectivity index (χ2v) is 19.2. The zero-order chi connectivity index (χ0) is 44.0. The highest BCUT2D eigenvalue weighted by Gasteiger charge is 2.19. The van der Waals surface area contributed by atoms with Crippen LogP contribution in [0.15, 0.2) is 0 Å². The normalized spacial score (nSPS) is 12.5. The smallest absolute Gasteiger partial charge is 0.306 e. The van der Waals surface area contributed by atoms with E-state index in [2.05, 4.69) is 34.6 Å². The van der Waals surface area contributed by atoms with E-state index >= 15 is 0 Å². The van der Waals surface area contributed by atoms with Crippen LogP contribution in [0.1, 0.15) is 298 Å². The fraction of sp³-hybridized carbons (Fsp3) is 0.944. The minimum atomic E-state index is -0.762. The maximum atomic E-state index is 12.8. The SMILES string of the molecule is CCCCCCCCCCCCCCCCC(=O)OC[C@H](COC(=O)CCCCCCCCC(C)CC)OC(=O)CCCCCCCCCCCCCCCCCC(C)C. The van der Waals surface area contributed by atoms with Gasteiger partial charge in [-0.3, -0.25) is 14.4 Å². The van der Waals surface area contributed by atoms with E-state index in [0.29, 0.717) is 19.3 Å². The lowest BCUT2D eigenvalue weighted by molar-refractivity contribution is -0.167. The number of hydrogen-bond donors (Lipinski definition) is 0. The Bertz CT molecular complexity index is 918. The number of unbranched alkanes of at least 4 members (excludes halogenated alkanes) is 32. The summed E-state index contributed by atoms with van der Waals surface area (Å²) in [6.07, 6.45) is 48.1. The molecule has 0 N–H and O–H groups in total. The van der Waals surface area contributed by atoms with E-state index in [4.69, 9.17) is 14.2 Å². The molecule has 0 bridgehead atoms. The van der Waals surface area contributed by atoms with E-state index in [1.54, 1.807) is 0 Å². The van der Waals surface area contributed by atoms with Crippen LogP contribution < -0.4 is 0 Å². The number of carbonyl (C=O) groups excluding carboxylic acids is 3. The van der Waals surface area contributed by atoms with Crippen molar-refractivity contribution >= 4 is 17.9 Å². The average molecular weight is 849 g/mol. The van der Waals surface area contributed by atoms with Crippen LogP contribution in [0.3, 0.4) is 0 Å². The Labute approximate surface area is 374 Å². The quantitative estimate of drug-likeness (QED) is 0.0345. The number of rotatable bonds is 48. The van der Waals surface area contributed by atoms with Crippen LogP contribution in [0, 0.1) is 11.8 Å². The molecule has 0 aliphatic carbocycles. The second kappa shape index (κ2) is 46.9. The zero-order valence-corrected chi connectivity index (χ0v) is 41.1. The summed E-state index contributed by atoms with van der Waals surface area (Å²) < 4.78 is 16.8. The van der Waals surface area contributed by atoms with Crippen LogP contribution >= 0.6 is 0 Å². The molecule has 0 saturated heterocycles. The Morgan fingerprint density at radius 1 is 0.350 bits per heavy atom. The van der Waals surface area contributed by atoms with E-state index in [-0.39, 0.29) is 31.1 Å². The molecule has 356 valence electrons. The average Bonchev–Trinajstić information content (AvgIpc) is 3.23. The molecule has 0 aliphatic rings. The molecule has 1 unspecified atom stereocenters. The highest BCUT2D eigenvalue weighted by molar-refractivity contribution is 5.71. The largest absolute Gasteiger partial charge is 0.462 e. The highest BCUT2D eigenvalue weighted by Crippen LogP contribution is 2.18. The summed E-state index contributed by atoms with van der Waals surface area (Å²) in [6.45, 7) is 11.4. The van der Waals surface area contributed by atoms with Crippen LogP contribution in [0.2, 0.25) is 0 Å². The van der Waals surface area contributed by atoms with E-state index in [0.717, 1.165) is 69.6 Å². The van der Waals surface area contributed by atoms with Gasteiger partial charge in [-0.05, 0) is 31.1 Å². The maximum Gasteiger partial charge on any atom is 0.306 e. The van der Waals surface area contributed by atoms with Gasteiger partial charge in [0.05, 0.1) is 0 Å². The molecule has 0 saturated carbocycles. The minimum absolute atomic E-state index is 0.0639. The molecule has 0 radical (unpaired) electrons. The van der Waals surface area contributed by atoms with Crippen molar-refractivity contribution in [3.8, 4) is 0 Å². The third-order valence-electron chi connectivity index (χ3n) is 12.6. The molecule has 0 rings (SSSR count). The third-order valence-corrected chi connectivity index (χ3v) is 12.6. The first-order valence-electron chi connectivity index (χ1n) is 26.8. The topological polar surface area (TPSA) is 78.9 Å². The summed E-state index contributed by atoms with van der Waals surface area (Å²) in [7, 11) is 0. The predicted octanol–water partition coefficient (Wildman–Crippen LogP) is 17.3. The summed E-state index contributed by atoms with van der Waals surface area (Å²) in [6, 6.07) is 0.